The van der Waals surface area contributed by atoms with E-state index in [1.54, 1.807) is 0 Å². The standard InChI is InChI=1S/C8H6BrF2NO2/c1-4-5(8(10)11)2-3-6(9)7(4)12(13)14/h2-3,8H,1H3. The number of hydrogen-bond donors (Lipinski definition) is 0. The lowest BCUT2D eigenvalue weighted by Gasteiger charge is -2.05. The maximum Gasteiger partial charge on any atom is 0.286 e. The van der Waals surface area contributed by atoms with E-state index in [4.69, 9.17) is 0 Å². The molecule has 0 aliphatic rings. The molecule has 0 fully saturated rings. The van der Waals surface area contributed by atoms with Crippen molar-refractivity contribution in [2.24, 2.45) is 0 Å². The molecule has 76 valence electrons. The molecule has 0 aliphatic heterocycles. The van der Waals surface area contributed by atoms with Crippen LogP contribution in [-0.2, 0) is 0 Å². The first-order valence-corrected chi connectivity index (χ1v) is 4.46. The van der Waals surface area contributed by atoms with Gasteiger partial charge in [0.25, 0.3) is 12.1 Å². The summed E-state index contributed by atoms with van der Waals surface area (Å²) in [6.45, 7) is 1.31. The summed E-state index contributed by atoms with van der Waals surface area (Å²) in [5.74, 6) is 0. The predicted octanol–water partition coefficient (Wildman–Crippen LogP) is 3.60. The third-order valence-corrected chi connectivity index (χ3v) is 2.48. The maximum absolute atomic E-state index is 12.4. The molecular weight excluding hydrogens is 260 g/mol. The first kappa shape index (κ1) is 11.0. The van der Waals surface area contributed by atoms with Crippen LogP contribution in [0.2, 0.25) is 0 Å². The minimum absolute atomic E-state index is 0.000579. The molecule has 6 heteroatoms. The van der Waals surface area contributed by atoms with E-state index in [0.29, 0.717) is 0 Å². The molecule has 1 rings (SSSR count). The predicted molar refractivity (Wildman–Crippen MR) is 50.5 cm³/mol. The minimum atomic E-state index is -2.69. The largest absolute Gasteiger partial charge is 0.286 e. The molecule has 0 amide bonds. The van der Waals surface area contributed by atoms with Crippen LogP contribution in [-0.4, -0.2) is 4.92 Å². The molecule has 0 saturated heterocycles. The zero-order chi connectivity index (χ0) is 10.9. The van der Waals surface area contributed by atoms with Crippen LogP contribution in [0.1, 0.15) is 17.6 Å². The van der Waals surface area contributed by atoms with Crippen LogP contribution in [0.3, 0.4) is 0 Å². The van der Waals surface area contributed by atoms with E-state index in [0.717, 1.165) is 0 Å². The highest BCUT2D eigenvalue weighted by Crippen LogP contribution is 2.34. The summed E-state index contributed by atoms with van der Waals surface area (Å²) in [6.07, 6.45) is -2.69. The van der Waals surface area contributed by atoms with Gasteiger partial charge < -0.3 is 0 Å². The van der Waals surface area contributed by atoms with E-state index in [9.17, 15) is 18.9 Å². The van der Waals surface area contributed by atoms with Crippen molar-refractivity contribution >= 4 is 21.6 Å². The lowest BCUT2D eigenvalue weighted by atomic mass is 10.1. The van der Waals surface area contributed by atoms with Crippen molar-refractivity contribution in [1.29, 1.82) is 0 Å². The molecule has 14 heavy (non-hydrogen) atoms. The molecule has 0 heterocycles. The van der Waals surface area contributed by atoms with Crippen molar-refractivity contribution in [3.63, 3.8) is 0 Å². The molecule has 0 aromatic heterocycles. The Bertz CT molecular complexity index is 382. The average Bonchev–Trinajstić information content (AvgIpc) is 2.02. The molecule has 0 aliphatic carbocycles. The maximum atomic E-state index is 12.4. The fraction of sp³-hybridized carbons (Fsp3) is 0.250. The second kappa shape index (κ2) is 4.00. The van der Waals surface area contributed by atoms with Crippen LogP contribution in [0, 0.1) is 17.0 Å². The van der Waals surface area contributed by atoms with Gasteiger partial charge in [-0.15, -0.1) is 0 Å². The number of nitro benzene ring substituents is 1. The van der Waals surface area contributed by atoms with Crippen LogP contribution in [0.25, 0.3) is 0 Å². The summed E-state index contributed by atoms with van der Waals surface area (Å²) in [6, 6.07) is 2.43. The summed E-state index contributed by atoms with van der Waals surface area (Å²) in [5.41, 5.74) is -0.609. The van der Waals surface area contributed by atoms with E-state index < -0.39 is 11.3 Å². The third kappa shape index (κ3) is 1.89. The van der Waals surface area contributed by atoms with Crippen molar-refractivity contribution in [3.05, 3.63) is 37.8 Å². The third-order valence-electron chi connectivity index (χ3n) is 1.84. The highest BCUT2D eigenvalue weighted by atomic mass is 79.9. The van der Waals surface area contributed by atoms with Crippen LogP contribution in [0.4, 0.5) is 14.5 Å². The lowest BCUT2D eigenvalue weighted by molar-refractivity contribution is -0.386. The van der Waals surface area contributed by atoms with E-state index >= 15 is 0 Å². The second-order valence-electron chi connectivity index (χ2n) is 2.67. The van der Waals surface area contributed by atoms with Gasteiger partial charge in [-0.3, -0.25) is 10.1 Å². The summed E-state index contributed by atoms with van der Waals surface area (Å²) in [7, 11) is 0. The summed E-state index contributed by atoms with van der Waals surface area (Å²) < 4.78 is 24.9. The summed E-state index contributed by atoms with van der Waals surface area (Å²) in [4.78, 5) is 9.87. The molecule has 0 N–H and O–H groups in total. The van der Waals surface area contributed by atoms with Gasteiger partial charge in [0.15, 0.2) is 0 Å². The number of nitrogens with zero attached hydrogens (tertiary/aromatic N) is 1. The van der Waals surface area contributed by atoms with Crippen molar-refractivity contribution in [2.75, 3.05) is 0 Å². The van der Waals surface area contributed by atoms with Crippen molar-refractivity contribution in [3.8, 4) is 0 Å². The summed E-state index contributed by atoms with van der Waals surface area (Å²) in [5, 5.41) is 10.5. The van der Waals surface area contributed by atoms with Crippen LogP contribution < -0.4 is 0 Å². The molecule has 0 bridgehead atoms. The zero-order valence-electron chi connectivity index (χ0n) is 7.13. The molecule has 0 unspecified atom stereocenters. The first-order chi connectivity index (χ1) is 6.45. The quantitative estimate of drug-likeness (QED) is 0.606. The number of halogens is 3. The number of benzene rings is 1. The van der Waals surface area contributed by atoms with Gasteiger partial charge in [0.1, 0.15) is 0 Å². The van der Waals surface area contributed by atoms with Gasteiger partial charge in [0.05, 0.1) is 9.40 Å². The van der Waals surface area contributed by atoms with Crippen LogP contribution in [0.15, 0.2) is 16.6 Å². The van der Waals surface area contributed by atoms with Crippen molar-refractivity contribution < 1.29 is 13.7 Å². The Kier molecular flexibility index (Phi) is 3.15. The fourth-order valence-electron chi connectivity index (χ4n) is 1.14. The monoisotopic (exact) mass is 265 g/mol. The number of rotatable bonds is 2. The number of hydrogen-bond acceptors (Lipinski definition) is 2. The van der Waals surface area contributed by atoms with Gasteiger partial charge in [0, 0.05) is 11.1 Å². The number of nitro groups is 1. The van der Waals surface area contributed by atoms with Crippen LogP contribution >= 0.6 is 15.9 Å². The number of alkyl halides is 2. The molecule has 0 spiro atoms. The normalized spacial score (nSPS) is 10.6. The highest BCUT2D eigenvalue weighted by Gasteiger charge is 2.22. The van der Waals surface area contributed by atoms with Gasteiger partial charge in [-0.1, -0.05) is 6.07 Å². The molecule has 0 saturated carbocycles. The Morgan fingerprint density at radius 2 is 2.07 bits per heavy atom. The first-order valence-electron chi connectivity index (χ1n) is 3.66. The second-order valence-corrected chi connectivity index (χ2v) is 3.52. The van der Waals surface area contributed by atoms with E-state index in [2.05, 4.69) is 15.9 Å². The lowest BCUT2D eigenvalue weighted by Crippen LogP contribution is -1.98. The average molecular weight is 266 g/mol. The highest BCUT2D eigenvalue weighted by molar-refractivity contribution is 9.10. The minimum Gasteiger partial charge on any atom is -0.258 e. The van der Waals surface area contributed by atoms with E-state index in [1.165, 1.54) is 19.1 Å². The SMILES string of the molecule is Cc1c(C(F)F)ccc(Br)c1[N+](=O)[O-]. The molecule has 0 radical (unpaired) electrons. The van der Waals surface area contributed by atoms with Gasteiger partial charge in [-0.25, -0.2) is 8.78 Å². The molecule has 3 nitrogen and oxygen atoms in total. The van der Waals surface area contributed by atoms with Crippen molar-refractivity contribution in [2.45, 2.75) is 13.3 Å². The smallest absolute Gasteiger partial charge is 0.258 e. The molecular formula is C8H6BrF2NO2. The zero-order valence-corrected chi connectivity index (χ0v) is 8.72. The van der Waals surface area contributed by atoms with Gasteiger partial charge >= 0.3 is 0 Å². The van der Waals surface area contributed by atoms with Crippen molar-refractivity contribution in [1.82, 2.24) is 0 Å². The van der Waals surface area contributed by atoms with Crippen LogP contribution in [0.5, 0.6) is 0 Å². The molecule has 1 aromatic carbocycles. The Morgan fingerprint density at radius 3 is 2.50 bits per heavy atom. The van der Waals surface area contributed by atoms with Gasteiger partial charge in [0.2, 0.25) is 0 Å². The Labute approximate surface area is 87.0 Å². The fourth-order valence-corrected chi connectivity index (χ4v) is 1.72. The Balaban J connectivity index is 3.41. The summed E-state index contributed by atoms with van der Waals surface area (Å²) >= 11 is 2.94. The van der Waals surface area contributed by atoms with E-state index in [-0.39, 0.29) is 21.3 Å². The van der Waals surface area contributed by atoms with Gasteiger partial charge in [-0.2, -0.15) is 0 Å². The molecule has 1 aromatic rings. The van der Waals surface area contributed by atoms with E-state index in [1.807, 2.05) is 0 Å². The van der Waals surface area contributed by atoms with Gasteiger partial charge in [-0.05, 0) is 28.9 Å². The Hall–Kier alpha value is -1.04. The Morgan fingerprint density at radius 1 is 1.50 bits per heavy atom. The topological polar surface area (TPSA) is 43.1 Å². The molecule has 0 atom stereocenters.